The highest BCUT2D eigenvalue weighted by Gasteiger charge is 2.31. The van der Waals surface area contributed by atoms with Crippen molar-refractivity contribution < 1.29 is 0 Å². The number of hydrogen-bond acceptors (Lipinski definition) is 1. The number of rotatable bonds is 5. The Morgan fingerprint density at radius 2 is 1.37 bits per heavy atom. The van der Waals surface area contributed by atoms with Crippen LogP contribution in [0, 0.1) is 0 Å². The fraction of sp³-hybridized carbons (Fsp3) is 0.333. The van der Waals surface area contributed by atoms with Crippen LogP contribution >= 0.6 is 0 Å². The Kier molecular flexibility index (Phi) is 3.39. The predicted molar refractivity (Wildman–Crippen MR) is 80.4 cm³/mol. The molecule has 0 atom stereocenters. The molecule has 0 bridgehead atoms. The van der Waals surface area contributed by atoms with Crippen LogP contribution < -0.4 is 5.32 Å². The lowest BCUT2D eigenvalue weighted by Gasteiger charge is -2.31. The summed E-state index contributed by atoms with van der Waals surface area (Å²) in [5.74, 6) is 0. The van der Waals surface area contributed by atoms with E-state index in [-0.39, 0.29) is 5.41 Å². The molecule has 0 radical (unpaired) electrons. The number of nitrogens with one attached hydrogen (secondary N) is 1. The predicted octanol–water partition coefficient (Wildman–Crippen LogP) is 3.74. The van der Waals surface area contributed by atoms with Crippen LogP contribution in [0.1, 0.15) is 30.9 Å². The molecule has 1 fully saturated rings. The summed E-state index contributed by atoms with van der Waals surface area (Å²) < 4.78 is 0. The molecule has 19 heavy (non-hydrogen) atoms. The van der Waals surface area contributed by atoms with Gasteiger partial charge in [-0.1, -0.05) is 67.6 Å². The van der Waals surface area contributed by atoms with Crippen LogP contribution in [-0.2, 0) is 5.41 Å². The van der Waals surface area contributed by atoms with Crippen molar-refractivity contribution in [3.8, 4) is 0 Å². The molecular weight excluding hydrogens is 230 g/mol. The third kappa shape index (κ3) is 2.71. The molecule has 1 aliphatic carbocycles. The molecule has 0 aromatic heterocycles. The molecule has 0 saturated heterocycles. The second-order valence-electron chi connectivity index (χ2n) is 5.72. The van der Waals surface area contributed by atoms with Crippen LogP contribution in [0.25, 0.3) is 0 Å². The molecule has 1 saturated carbocycles. The van der Waals surface area contributed by atoms with Gasteiger partial charge in [0.1, 0.15) is 0 Å². The van der Waals surface area contributed by atoms with Gasteiger partial charge in [0.25, 0.3) is 0 Å². The molecular formula is C18H21N. The van der Waals surface area contributed by atoms with Gasteiger partial charge >= 0.3 is 0 Å². The molecule has 0 amide bonds. The first-order valence-electron chi connectivity index (χ1n) is 7.13. The molecule has 0 spiro atoms. The fourth-order valence-electron chi connectivity index (χ4n) is 2.62. The summed E-state index contributed by atoms with van der Waals surface area (Å²) in [4.78, 5) is 0. The van der Waals surface area contributed by atoms with E-state index < -0.39 is 0 Å². The van der Waals surface area contributed by atoms with E-state index in [1.165, 1.54) is 24.0 Å². The standard InChI is InChI=1S/C18H21N/c1-18(14-19-17-12-13-17,15-8-4-2-5-9-15)16-10-6-3-7-11-16/h2-11,17,19H,12-14H2,1H3. The minimum Gasteiger partial charge on any atom is -0.313 e. The van der Waals surface area contributed by atoms with Gasteiger partial charge in [0, 0.05) is 18.0 Å². The average Bonchev–Trinajstić information content (AvgIpc) is 3.31. The van der Waals surface area contributed by atoms with E-state index in [2.05, 4.69) is 72.9 Å². The Hall–Kier alpha value is -1.60. The summed E-state index contributed by atoms with van der Waals surface area (Å²) in [5, 5.41) is 3.69. The van der Waals surface area contributed by atoms with Gasteiger partial charge < -0.3 is 5.32 Å². The first kappa shape index (κ1) is 12.4. The highest BCUT2D eigenvalue weighted by atomic mass is 15.0. The van der Waals surface area contributed by atoms with Crippen LogP contribution in [0.3, 0.4) is 0 Å². The van der Waals surface area contributed by atoms with Crippen molar-refractivity contribution in [2.24, 2.45) is 0 Å². The third-order valence-corrected chi connectivity index (χ3v) is 4.14. The zero-order chi connectivity index (χ0) is 13.1. The third-order valence-electron chi connectivity index (χ3n) is 4.14. The first-order chi connectivity index (χ1) is 9.29. The Bertz CT molecular complexity index is 474. The summed E-state index contributed by atoms with van der Waals surface area (Å²) in [6, 6.07) is 22.4. The SMILES string of the molecule is CC(CNC1CC1)(c1ccccc1)c1ccccc1. The zero-order valence-corrected chi connectivity index (χ0v) is 11.5. The van der Waals surface area contributed by atoms with E-state index in [0.29, 0.717) is 0 Å². The van der Waals surface area contributed by atoms with Crippen LogP contribution in [-0.4, -0.2) is 12.6 Å². The van der Waals surface area contributed by atoms with Crippen LogP contribution in [0.2, 0.25) is 0 Å². The van der Waals surface area contributed by atoms with Crippen molar-refractivity contribution in [2.45, 2.75) is 31.2 Å². The topological polar surface area (TPSA) is 12.0 Å². The molecule has 3 rings (SSSR count). The molecule has 2 aromatic carbocycles. The summed E-state index contributed by atoms with van der Waals surface area (Å²) >= 11 is 0. The normalized spacial score (nSPS) is 15.4. The Balaban J connectivity index is 1.94. The molecule has 1 nitrogen and oxygen atoms in total. The van der Waals surface area contributed by atoms with Gasteiger partial charge in [0.2, 0.25) is 0 Å². The van der Waals surface area contributed by atoms with Crippen LogP contribution in [0.4, 0.5) is 0 Å². The Labute approximate surface area is 115 Å². The smallest absolute Gasteiger partial charge is 0.0299 e. The maximum absolute atomic E-state index is 3.69. The van der Waals surface area contributed by atoms with E-state index in [0.717, 1.165) is 12.6 Å². The molecule has 1 heteroatoms. The maximum Gasteiger partial charge on any atom is 0.0299 e. The Morgan fingerprint density at radius 1 is 0.895 bits per heavy atom. The number of hydrogen-bond donors (Lipinski definition) is 1. The van der Waals surface area contributed by atoms with E-state index in [1.807, 2.05) is 0 Å². The lowest BCUT2D eigenvalue weighted by Crippen LogP contribution is -2.37. The van der Waals surface area contributed by atoms with E-state index >= 15 is 0 Å². The summed E-state index contributed by atoms with van der Waals surface area (Å²) in [6.45, 7) is 3.35. The second-order valence-corrected chi connectivity index (χ2v) is 5.72. The zero-order valence-electron chi connectivity index (χ0n) is 11.5. The summed E-state index contributed by atoms with van der Waals surface area (Å²) in [6.07, 6.45) is 2.67. The molecule has 1 N–H and O–H groups in total. The molecule has 2 aromatic rings. The summed E-state index contributed by atoms with van der Waals surface area (Å²) in [7, 11) is 0. The minimum absolute atomic E-state index is 0.0467. The number of benzene rings is 2. The molecule has 0 unspecified atom stereocenters. The Morgan fingerprint density at radius 3 is 1.79 bits per heavy atom. The van der Waals surface area contributed by atoms with Crippen LogP contribution in [0.5, 0.6) is 0 Å². The highest BCUT2D eigenvalue weighted by Crippen LogP contribution is 2.32. The quantitative estimate of drug-likeness (QED) is 0.853. The lowest BCUT2D eigenvalue weighted by molar-refractivity contribution is 0.500. The van der Waals surface area contributed by atoms with Gasteiger partial charge in [-0.05, 0) is 24.0 Å². The maximum atomic E-state index is 3.69. The van der Waals surface area contributed by atoms with Crippen molar-refractivity contribution in [3.63, 3.8) is 0 Å². The lowest BCUT2D eigenvalue weighted by atomic mass is 9.76. The van der Waals surface area contributed by atoms with Gasteiger partial charge in [0.05, 0.1) is 0 Å². The molecule has 0 heterocycles. The van der Waals surface area contributed by atoms with E-state index in [1.54, 1.807) is 0 Å². The van der Waals surface area contributed by atoms with E-state index in [9.17, 15) is 0 Å². The van der Waals surface area contributed by atoms with Gasteiger partial charge in [0.15, 0.2) is 0 Å². The van der Waals surface area contributed by atoms with Gasteiger partial charge in [-0.25, -0.2) is 0 Å². The van der Waals surface area contributed by atoms with Crippen LogP contribution in [0.15, 0.2) is 60.7 Å². The first-order valence-corrected chi connectivity index (χ1v) is 7.13. The van der Waals surface area contributed by atoms with Gasteiger partial charge in [-0.15, -0.1) is 0 Å². The molecule has 98 valence electrons. The molecule has 1 aliphatic rings. The second kappa shape index (κ2) is 5.18. The van der Waals surface area contributed by atoms with Crippen molar-refractivity contribution in [2.75, 3.05) is 6.54 Å². The van der Waals surface area contributed by atoms with Crippen molar-refractivity contribution >= 4 is 0 Å². The van der Waals surface area contributed by atoms with Crippen molar-refractivity contribution in [1.29, 1.82) is 0 Å². The average molecular weight is 251 g/mol. The minimum atomic E-state index is 0.0467. The largest absolute Gasteiger partial charge is 0.313 e. The van der Waals surface area contributed by atoms with Gasteiger partial charge in [-0.2, -0.15) is 0 Å². The van der Waals surface area contributed by atoms with E-state index in [4.69, 9.17) is 0 Å². The summed E-state index contributed by atoms with van der Waals surface area (Å²) in [5.41, 5.74) is 2.81. The molecule has 0 aliphatic heterocycles. The fourth-order valence-corrected chi connectivity index (χ4v) is 2.62. The van der Waals surface area contributed by atoms with Crippen molar-refractivity contribution in [1.82, 2.24) is 5.32 Å². The highest BCUT2D eigenvalue weighted by molar-refractivity contribution is 5.38. The van der Waals surface area contributed by atoms with Crippen molar-refractivity contribution in [3.05, 3.63) is 71.8 Å². The van der Waals surface area contributed by atoms with Gasteiger partial charge in [-0.3, -0.25) is 0 Å². The monoisotopic (exact) mass is 251 g/mol.